The van der Waals surface area contributed by atoms with Crippen LogP contribution in [0.15, 0.2) is 42.5 Å². The van der Waals surface area contributed by atoms with Crippen LogP contribution in [0.5, 0.6) is 5.75 Å². The number of esters is 1. The number of anilines is 1. The summed E-state index contributed by atoms with van der Waals surface area (Å²) in [5.41, 5.74) is 0.430. The second-order valence-electron chi connectivity index (χ2n) is 6.99. The van der Waals surface area contributed by atoms with Gasteiger partial charge in [-0.1, -0.05) is 48.2 Å². The van der Waals surface area contributed by atoms with Gasteiger partial charge in [0, 0.05) is 5.02 Å². The van der Waals surface area contributed by atoms with Crippen LogP contribution in [0, 0.1) is 11.8 Å². The SMILES string of the molecule is O=C(Oc1ccccc1N1C(=O)[C@H]2CCCC[C@@H]2C1=O)c1ccc(Cl)cc1Cl. The highest BCUT2D eigenvalue weighted by molar-refractivity contribution is 6.36. The van der Waals surface area contributed by atoms with E-state index in [9.17, 15) is 14.4 Å². The number of amides is 2. The molecule has 0 unspecified atom stereocenters. The molecule has 0 aromatic heterocycles. The van der Waals surface area contributed by atoms with Crippen LogP contribution in [0.3, 0.4) is 0 Å². The van der Waals surface area contributed by atoms with E-state index in [4.69, 9.17) is 27.9 Å². The monoisotopic (exact) mass is 417 g/mol. The van der Waals surface area contributed by atoms with Gasteiger partial charge in [0.2, 0.25) is 11.8 Å². The van der Waals surface area contributed by atoms with Gasteiger partial charge in [0.15, 0.2) is 5.75 Å². The third kappa shape index (κ3) is 3.29. The Hall–Kier alpha value is -2.37. The zero-order valence-electron chi connectivity index (χ0n) is 14.9. The lowest BCUT2D eigenvalue weighted by Gasteiger charge is -2.19. The predicted molar refractivity (Wildman–Crippen MR) is 106 cm³/mol. The fraction of sp³-hybridized carbons (Fsp3) is 0.286. The number of hydrogen-bond donors (Lipinski definition) is 0. The van der Waals surface area contributed by atoms with Crippen LogP contribution < -0.4 is 9.64 Å². The molecule has 0 bridgehead atoms. The number of benzene rings is 2. The minimum absolute atomic E-state index is 0.138. The number of carbonyl (C=O) groups excluding carboxylic acids is 3. The van der Waals surface area contributed by atoms with Crippen molar-refractivity contribution in [2.45, 2.75) is 25.7 Å². The molecule has 28 heavy (non-hydrogen) atoms. The molecule has 1 saturated heterocycles. The first-order chi connectivity index (χ1) is 13.5. The van der Waals surface area contributed by atoms with E-state index in [0.29, 0.717) is 17.9 Å². The molecule has 0 spiro atoms. The van der Waals surface area contributed by atoms with Crippen molar-refractivity contribution in [3.63, 3.8) is 0 Å². The number of hydrogen-bond acceptors (Lipinski definition) is 4. The third-order valence-electron chi connectivity index (χ3n) is 5.30. The summed E-state index contributed by atoms with van der Waals surface area (Å²) in [6, 6.07) is 11.0. The number of para-hydroxylation sites is 2. The molecule has 2 fully saturated rings. The summed E-state index contributed by atoms with van der Waals surface area (Å²) >= 11 is 11.9. The van der Waals surface area contributed by atoms with Crippen molar-refractivity contribution in [1.29, 1.82) is 0 Å². The summed E-state index contributed by atoms with van der Waals surface area (Å²) < 4.78 is 5.50. The normalized spacial score (nSPS) is 21.6. The molecule has 2 aliphatic rings. The van der Waals surface area contributed by atoms with Crippen molar-refractivity contribution in [3.8, 4) is 5.75 Å². The summed E-state index contributed by atoms with van der Waals surface area (Å²) in [4.78, 5) is 39.5. The van der Waals surface area contributed by atoms with Gasteiger partial charge in [-0.25, -0.2) is 9.69 Å². The van der Waals surface area contributed by atoms with Crippen LogP contribution >= 0.6 is 23.2 Å². The number of nitrogens with zero attached hydrogens (tertiary/aromatic N) is 1. The van der Waals surface area contributed by atoms with Crippen LogP contribution in [0.25, 0.3) is 0 Å². The van der Waals surface area contributed by atoms with Crippen LogP contribution in [0.4, 0.5) is 5.69 Å². The topological polar surface area (TPSA) is 63.7 Å². The molecule has 0 radical (unpaired) electrons. The number of rotatable bonds is 3. The standard InChI is InChI=1S/C21H17Cl2NO4/c22-12-9-10-15(16(23)11-12)21(27)28-18-8-4-3-7-17(18)24-19(25)13-5-1-2-6-14(13)20(24)26/h3-4,7-11,13-14H,1-2,5-6H2/t13-,14-/m0/s1. The molecular formula is C21H17Cl2NO4. The largest absolute Gasteiger partial charge is 0.421 e. The Morgan fingerprint density at radius 3 is 2.25 bits per heavy atom. The highest BCUT2D eigenvalue weighted by Gasteiger charge is 2.49. The number of ether oxygens (including phenoxy) is 1. The molecule has 1 heterocycles. The van der Waals surface area contributed by atoms with Crippen LogP contribution in [-0.2, 0) is 9.59 Å². The minimum Gasteiger partial charge on any atom is -0.421 e. The molecule has 4 rings (SSSR count). The fourth-order valence-electron chi connectivity index (χ4n) is 3.94. The second kappa shape index (κ2) is 7.57. The van der Waals surface area contributed by atoms with Crippen molar-refractivity contribution in [2.75, 3.05) is 4.90 Å². The van der Waals surface area contributed by atoms with Gasteiger partial charge in [-0.15, -0.1) is 0 Å². The smallest absolute Gasteiger partial charge is 0.345 e. The second-order valence-corrected chi connectivity index (χ2v) is 7.83. The van der Waals surface area contributed by atoms with Crippen LogP contribution in [0.1, 0.15) is 36.0 Å². The highest BCUT2D eigenvalue weighted by atomic mass is 35.5. The summed E-state index contributed by atoms with van der Waals surface area (Å²) in [5.74, 6) is -1.55. The molecule has 2 atom stereocenters. The molecule has 0 N–H and O–H groups in total. The Bertz CT molecular complexity index is 951. The van der Waals surface area contributed by atoms with Gasteiger partial charge in [-0.05, 0) is 43.2 Å². The first-order valence-corrected chi connectivity index (χ1v) is 9.87. The zero-order chi connectivity index (χ0) is 19.8. The first kappa shape index (κ1) is 19.0. The Kier molecular flexibility index (Phi) is 5.13. The molecule has 2 amide bonds. The van der Waals surface area contributed by atoms with E-state index in [-0.39, 0.29) is 45.7 Å². The molecule has 1 aliphatic heterocycles. The average Bonchev–Trinajstić information content (AvgIpc) is 2.93. The molecular weight excluding hydrogens is 401 g/mol. The van der Waals surface area contributed by atoms with Crippen molar-refractivity contribution in [3.05, 3.63) is 58.1 Å². The van der Waals surface area contributed by atoms with E-state index in [1.165, 1.54) is 23.1 Å². The summed E-state index contributed by atoms with van der Waals surface area (Å²) in [6.45, 7) is 0. The van der Waals surface area contributed by atoms with Gasteiger partial charge in [-0.3, -0.25) is 9.59 Å². The molecule has 1 aliphatic carbocycles. The van der Waals surface area contributed by atoms with E-state index >= 15 is 0 Å². The van der Waals surface area contributed by atoms with E-state index in [0.717, 1.165) is 12.8 Å². The Morgan fingerprint density at radius 1 is 0.964 bits per heavy atom. The zero-order valence-corrected chi connectivity index (χ0v) is 16.4. The third-order valence-corrected chi connectivity index (χ3v) is 5.85. The van der Waals surface area contributed by atoms with Crippen molar-refractivity contribution in [2.24, 2.45) is 11.8 Å². The molecule has 2 aromatic rings. The quantitative estimate of drug-likeness (QED) is 0.405. The average molecular weight is 418 g/mol. The van der Waals surface area contributed by atoms with E-state index in [2.05, 4.69) is 0 Å². The maximum Gasteiger partial charge on any atom is 0.345 e. The molecule has 1 saturated carbocycles. The van der Waals surface area contributed by atoms with Gasteiger partial charge in [-0.2, -0.15) is 0 Å². The number of imide groups is 1. The predicted octanol–water partition coefficient (Wildman–Crippen LogP) is 4.89. The van der Waals surface area contributed by atoms with Gasteiger partial charge in [0.1, 0.15) is 0 Å². The molecule has 5 nitrogen and oxygen atoms in total. The highest BCUT2D eigenvalue weighted by Crippen LogP contribution is 2.42. The fourth-order valence-corrected chi connectivity index (χ4v) is 4.42. The maximum absolute atomic E-state index is 12.9. The number of carbonyl (C=O) groups is 3. The lowest BCUT2D eigenvalue weighted by molar-refractivity contribution is -0.122. The first-order valence-electron chi connectivity index (χ1n) is 9.11. The summed E-state index contributed by atoms with van der Waals surface area (Å²) in [5, 5.41) is 0.562. The van der Waals surface area contributed by atoms with Gasteiger partial charge in [0.25, 0.3) is 0 Å². The lowest BCUT2D eigenvalue weighted by Crippen LogP contribution is -2.31. The van der Waals surface area contributed by atoms with E-state index < -0.39 is 5.97 Å². The lowest BCUT2D eigenvalue weighted by atomic mass is 9.81. The van der Waals surface area contributed by atoms with E-state index in [1.807, 2.05) is 0 Å². The van der Waals surface area contributed by atoms with Crippen LogP contribution in [0.2, 0.25) is 10.0 Å². The summed E-state index contributed by atoms with van der Waals surface area (Å²) in [6.07, 6.45) is 3.32. The Morgan fingerprint density at radius 2 is 1.61 bits per heavy atom. The maximum atomic E-state index is 12.9. The molecule has 2 aromatic carbocycles. The molecule has 7 heteroatoms. The van der Waals surface area contributed by atoms with Gasteiger partial charge < -0.3 is 4.74 Å². The van der Waals surface area contributed by atoms with Crippen molar-refractivity contribution in [1.82, 2.24) is 0 Å². The Labute approximate surface area is 172 Å². The van der Waals surface area contributed by atoms with Crippen molar-refractivity contribution < 1.29 is 19.1 Å². The van der Waals surface area contributed by atoms with Gasteiger partial charge in [0.05, 0.1) is 28.1 Å². The number of fused-ring (bicyclic) bond motifs is 1. The minimum atomic E-state index is -0.689. The van der Waals surface area contributed by atoms with Crippen molar-refractivity contribution >= 4 is 46.7 Å². The van der Waals surface area contributed by atoms with Crippen LogP contribution in [-0.4, -0.2) is 17.8 Å². The van der Waals surface area contributed by atoms with E-state index in [1.54, 1.807) is 24.3 Å². The van der Waals surface area contributed by atoms with Gasteiger partial charge >= 0.3 is 5.97 Å². The Balaban J connectivity index is 1.65. The number of halogens is 2. The molecule has 144 valence electrons. The summed E-state index contributed by atoms with van der Waals surface area (Å²) in [7, 11) is 0.